The van der Waals surface area contributed by atoms with Gasteiger partial charge in [-0.15, -0.1) is 0 Å². The summed E-state index contributed by atoms with van der Waals surface area (Å²) in [6.45, 7) is 5.44. The lowest BCUT2D eigenvalue weighted by Gasteiger charge is -2.39. The number of rotatable bonds is 8. The van der Waals surface area contributed by atoms with Crippen LogP contribution in [0.2, 0.25) is 0 Å². The molecule has 4 aromatic rings. The lowest BCUT2D eigenvalue weighted by Crippen LogP contribution is -2.43. The first-order valence-electron chi connectivity index (χ1n) is 11.6. The van der Waals surface area contributed by atoms with Gasteiger partial charge in [-0.3, -0.25) is 9.34 Å². The van der Waals surface area contributed by atoms with Gasteiger partial charge in [-0.2, -0.15) is 0 Å². The summed E-state index contributed by atoms with van der Waals surface area (Å²) in [5.74, 6) is 0. The lowest BCUT2D eigenvalue weighted by molar-refractivity contribution is 0.210. The number of carbonyl (C=O) groups excluding carboxylic acids is 1. The van der Waals surface area contributed by atoms with Crippen LogP contribution in [0.25, 0.3) is 0 Å². The highest BCUT2D eigenvalue weighted by atomic mass is 31.1. The molecule has 4 rings (SSSR count). The van der Waals surface area contributed by atoms with Crippen molar-refractivity contribution in [2.45, 2.75) is 13.8 Å². The molecule has 0 unspecified atom stereocenters. The van der Waals surface area contributed by atoms with Crippen molar-refractivity contribution in [3.05, 3.63) is 121 Å². The van der Waals surface area contributed by atoms with Gasteiger partial charge in [-0.1, -0.05) is 121 Å². The van der Waals surface area contributed by atoms with Crippen LogP contribution in [0.15, 0.2) is 121 Å². The molecule has 0 heterocycles. The Balaban J connectivity index is 1.79. The fourth-order valence-electron chi connectivity index (χ4n) is 3.99. The topological polar surface area (TPSA) is 23.6 Å². The fraction of sp³-hybridized carbons (Fsp3) is 0.138. The summed E-state index contributed by atoms with van der Waals surface area (Å²) in [4.78, 5) is 14.4. The number of carbonyl (C=O) groups is 1. The smallest absolute Gasteiger partial charge is 0.296 e. The minimum atomic E-state index is -1.00. The first kappa shape index (κ1) is 24.1. The maximum Gasteiger partial charge on any atom is 0.327 e. The van der Waals surface area contributed by atoms with E-state index in [9.17, 15) is 4.79 Å². The molecule has 0 spiro atoms. The second-order valence-corrected chi connectivity index (χ2v) is 12.0. The third-order valence-electron chi connectivity index (χ3n) is 5.53. The first-order valence-corrected chi connectivity index (χ1v) is 14.2. The van der Waals surface area contributed by atoms with E-state index in [1.54, 1.807) is 0 Å². The van der Waals surface area contributed by atoms with Gasteiger partial charge in [0.15, 0.2) is 0 Å². The predicted octanol–water partition coefficient (Wildman–Crippen LogP) is 5.85. The van der Waals surface area contributed by atoms with Crippen molar-refractivity contribution in [2.75, 3.05) is 13.1 Å². The molecule has 4 aromatic carbocycles. The van der Waals surface area contributed by atoms with Crippen LogP contribution in [0.3, 0.4) is 0 Å². The minimum absolute atomic E-state index is 0.0858. The fourth-order valence-corrected chi connectivity index (χ4v) is 8.71. The van der Waals surface area contributed by atoms with Crippen molar-refractivity contribution in [2.24, 2.45) is 0 Å². The van der Waals surface area contributed by atoms with Crippen LogP contribution < -0.4 is 21.2 Å². The van der Waals surface area contributed by atoms with Crippen molar-refractivity contribution >= 4 is 43.4 Å². The Morgan fingerprint density at radius 3 is 0.941 bits per heavy atom. The molecular formula is C29H30N2OP2. The average Bonchev–Trinajstić information content (AvgIpc) is 2.92. The van der Waals surface area contributed by atoms with Gasteiger partial charge in [0.05, 0.1) is 16.1 Å². The van der Waals surface area contributed by atoms with Gasteiger partial charge in [0.2, 0.25) is 0 Å². The number of benzene rings is 4. The summed E-state index contributed by atoms with van der Waals surface area (Å²) in [7, 11) is -2.00. The minimum Gasteiger partial charge on any atom is -0.296 e. The molecule has 0 aromatic heterocycles. The lowest BCUT2D eigenvalue weighted by atomic mass is 10.4. The van der Waals surface area contributed by atoms with Crippen LogP contribution in [-0.2, 0) is 0 Å². The van der Waals surface area contributed by atoms with Crippen molar-refractivity contribution in [1.82, 2.24) is 9.34 Å². The number of amides is 2. The summed E-state index contributed by atoms with van der Waals surface area (Å²) >= 11 is 0. The van der Waals surface area contributed by atoms with Gasteiger partial charge in [-0.05, 0) is 13.8 Å². The molecule has 0 aliphatic rings. The molecule has 2 amide bonds. The highest BCUT2D eigenvalue weighted by Gasteiger charge is 2.33. The Hall–Kier alpha value is -2.99. The standard InChI is InChI=1S/C29H30N2OP2/c1-3-30(33(25-17-9-5-10-18-25)26-19-11-6-12-20-26)29(32)31(4-2)34(27-21-13-7-14-22-27)28-23-15-8-16-24-28/h5-24H,3-4H2,1-2H3. The van der Waals surface area contributed by atoms with Crippen LogP contribution in [0.5, 0.6) is 0 Å². The Morgan fingerprint density at radius 2 is 0.735 bits per heavy atom. The maximum atomic E-state index is 14.4. The van der Waals surface area contributed by atoms with E-state index in [1.807, 2.05) is 24.3 Å². The van der Waals surface area contributed by atoms with Gasteiger partial charge < -0.3 is 0 Å². The summed E-state index contributed by atoms with van der Waals surface area (Å²) in [6, 6.07) is 41.8. The third kappa shape index (κ3) is 5.39. The number of nitrogens with zero attached hydrogens (tertiary/aromatic N) is 2. The van der Waals surface area contributed by atoms with Crippen molar-refractivity contribution in [3.8, 4) is 0 Å². The number of hydrogen-bond donors (Lipinski definition) is 0. The van der Waals surface area contributed by atoms with E-state index in [4.69, 9.17) is 0 Å². The SMILES string of the molecule is CCN(C(=O)N(CC)P(c1ccccc1)c1ccccc1)P(c1ccccc1)c1ccccc1. The van der Waals surface area contributed by atoms with Crippen LogP contribution in [0, 0.1) is 0 Å². The van der Waals surface area contributed by atoms with Crippen LogP contribution in [0.4, 0.5) is 4.79 Å². The molecule has 172 valence electrons. The summed E-state index contributed by atoms with van der Waals surface area (Å²) < 4.78 is 4.15. The molecule has 0 aliphatic heterocycles. The molecule has 0 fully saturated rings. The molecule has 0 saturated heterocycles. The Kier molecular flexibility index (Phi) is 8.47. The van der Waals surface area contributed by atoms with E-state index in [0.29, 0.717) is 13.1 Å². The highest BCUT2D eigenvalue weighted by Crippen LogP contribution is 2.44. The number of hydrogen-bond acceptors (Lipinski definition) is 1. The monoisotopic (exact) mass is 484 g/mol. The third-order valence-corrected chi connectivity index (χ3v) is 10.5. The molecular weight excluding hydrogens is 454 g/mol. The molecule has 0 saturated carbocycles. The second kappa shape index (κ2) is 11.9. The van der Waals surface area contributed by atoms with Gasteiger partial charge in [0.25, 0.3) is 0 Å². The predicted molar refractivity (Wildman–Crippen MR) is 148 cm³/mol. The molecule has 0 atom stereocenters. The average molecular weight is 485 g/mol. The van der Waals surface area contributed by atoms with E-state index >= 15 is 0 Å². The summed E-state index contributed by atoms with van der Waals surface area (Å²) in [5.41, 5.74) is 0. The molecule has 0 aliphatic carbocycles. The van der Waals surface area contributed by atoms with E-state index in [2.05, 4.69) is 120 Å². The zero-order valence-electron chi connectivity index (χ0n) is 19.7. The van der Waals surface area contributed by atoms with Gasteiger partial charge in [-0.25, -0.2) is 4.79 Å². The van der Waals surface area contributed by atoms with Crippen molar-refractivity contribution in [1.29, 1.82) is 0 Å². The largest absolute Gasteiger partial charge is 0.327 e. The van der Waals surface area contributed by atoms with E-state index < -0.39 is 16.1 Å². The Labute approximate surface area is 205 Å². The van der Waals surface area contributed by atoms with E-state index in [1.165, 1.54) is 21.2 Å². The van der Waals surface area contributed by atoms with Crippen LogP contribution in [0.1, 0.15) is 13.8 Å². The van der Waals surface area contributed by atoms with E-state index in [-0.39, 0.29) is 6.03 Å². The molecule has 0 bridgehead atoms. The molecule has 5 heteroatoms. The van der Waals surface area contributed by atoms with Gasteiger partial charge >= 0.3 is 6.03 Å². The van der Waals surface area contributed by atoms with Gasteiger partial charge in [0, 0.05) is 34.3 Å². The normalized spacial score (nSPS) is 10.9. The molecule has 0 radical (unpaired) electrons. The zero-order valence-corrected chi connectivity index (χ0v) is 21.4. The molecule has 34 heavy (non-hydrogen) atoms. The van der Waals surface area contributed by atoms with Gasteiger partial charge in [0.1, 0.15) is 0 Å². The van der Waals surface area contributed by atoms with Crippen molar-refractivity contribution in [3.63, 3.8) is 0 Å². The highest BCUT2D eigenvalue weighted by molar-refractivity contribution is 7.72. The summed E-state index contributed by atoms with van der Waals surface area (Å²) in [6.07, 6.45) is 0. The first-order chi connectivity index (χ1) is 16.7. The van der Waals surface area contributed by atoms with Crippen LogP contribution in [-0.4, -0.2) is 28.5 Å². The summed E-state index contributed by atoms with van der Waals surface area (Å²) in [5, 5.41) is 4.72. The second-order valence-electron chi connectivity index (χ2n) is 7.68. The maximum absolute atomic E-state index is 14.4. The molecule has 0 N–H and O–H groups in total. The number of urea groups is 1. The van der Waals surface area contributed by atoms with E-state index in [0.717, 1.165) is 0 Å². The molecule has 3 nitrogen and oxygen atoms in total. The zero-order chi connectivity index (χ0) is 23.8. The Morgan fingerprint density at radius 1 is 0.500 bits per heavy atom. The quantitative estimate of drug-likeness (QED) is 0.288. The van der Waals surface area contributed by atoms with Crippen molar-refractivity contribution < 1.29 is 4.79 Å². The van der Waals surface area contributed by atoms with Crippen LogP contribution >= 0.6 is 16.1 Å². The Bertz CT molecular complexity index is 986.